The fourth-order valence-corrected chi connectivity index (χ4v) is 3.71. The molecule has 5 nitrogen and oxygen atoms in total. The van der Waals surface area contributed by atoms with Gasteiger partial charge in [-0.2, -0.15) is 4.98 Å². The largest absolute Gasteiger partial charge is 0.337 e. The third-order valence-corrected chi connectivity index (χ3v) is 5.36. The first-order valence-corrected chi connectivity index (χ1v) is 10.1. The maximum atomic E-state index is 13.1. The van der Waals surface area contributed by atoms with E-state index in [2.05, 4.69) is 17.1 Å². The average Bonchev–Trinajstić information content (AvgIpc) is 3.42. The lowest BCUT2D eigenvalue weighted by atomic mass is 10.1. The van der Waals surface area contributed by atoms with Crippen LogP contribution in [0, 0.1) is 5.82 Å². The summed E-state index contributed by atoms with van der Waals surface area (Å²) in [6, 6.07) is 13.6. The van der Waals surface area contributed by atoms with E-state index in [-0.39, 0.29) is 17.8 Å². The van der Waals surface area contributed by atoms with Crippen LogP contribution in [0.4, 0.5) is 4.39 Å². The number of nitrogens with zero attached hydrogens (tertiary/aromatic N) is 3. The van der Waals surface area contributed by atoms with Crippen LogP contribution in [0.3, 0.4) is 0 Å². The molecule has 1 aromatic heterocycles. The number of carbonyl (C=O) groups excluding carboxylic acids is 1. The van der Waals surface area contributed by atoms with Crippen molar-refractivity contribution in [3.8, 4) is 11.4 Å². The van der Waals surface area contributed by atoms with Crippen LogP contribution in [0.15, 0.2) is 53.1 Å². The second kappa shape index (κ2) is 8.55. The number of likely N-dealkylation sites (tertiary alicyclic amines) is 1. The first-order chi connectivity index (χ1) is 14.2. The van der Waals surface area contributed by atoms with Gasteiger partial charge in [0.2, 0.25) is 11.7 Å². The van der Waals surface area contributed by atoms with Gasteiger partial charge in [0, 0.05) is 17.7 Å². The Hall–Kier alpha value is -3.02. The third kappa shape index (κ3) is 4.21. The number of amides is 1. The van der Waals surface area contributed by atoms with Gasteiger partial charge in [0.25, 0.3) is 5.91 Å². The Morgan fingerprint density at radius 3 is 2.66 bits per heavy atom. The quantitative estimate of drug-likeness (QED) is 0.578. The van der Waals surface area contributed by atoms with Crippen LogP contribution in [0.2, 0.25) is 0 Å². The topological polar surface area (TPSA) is 59.2 Å². The Bertz CT molecular complexity index is 967. The highest BCUT2D eigenvalue weighted by Crippen LogP contribution is 2.33. The Balaban J connectivity index is 1.50. The van der Waals surface area contributed by atoms with Crippen LogP contribution in [-0.2, 0) is 6.42 Å². The van der Waals surface area contributed by atoms with E-state index in [9.17, 15) is 9.18 Å². The maximum absolute atomic E-state index is 13.1. The summed E-state index contributed by atoms with van der Waals surface area (Å²) in [5.41, 5.74) is 2.61. The zero-order valence-electron chi connectivity index (χ0n) is 16.5. The Morgan fingerprint density at radius 1 is 1.17 bits per heavy atom. The summed E-state index contributed by atoms with van der Waals surface area (Å²) >= 11 is 0. The Morgan fingerprint density at radius 2 is 1.93 bits per heavy atom. The number of aromatic nitrogens is 2. The summed E-state index contributed by atoms with van der Waals surface area (Å²) in [6.45, 7) is 2.83. The molecule has 0 bridgehead atoms. The molecule has 1 aliphatic heterocycles. The van der Waals surface area contributed by atoms with Crippen LogP contribution < -0.4 is 0 Å². The van der Waals surface area contributed by atoms with Crippen molar-refractivity contribution >= 4 is 5.91 Å². The molecule has 1 saturated heterocycles. The van der Waals surface area contributed by atoms with E-state index in [0.717, 1.165) is 32.1 Å². The standard InChI is InChI=1S/C23H24FN3O2/c1-2-3-5-16-7-9-18(10-8-16)23(28)27-15-4-6-20(27)22-25-21(26-29-22)17-11-13-19(24)14-12-17/h7-14,20H,2-6,15H2,1H3. The highest BCUT2D eigenvalue weighted by atomic mass is 19.1. The van der Waals surface area contributed by atoms with E-state index in [1.807, 2.05) is 29.2 Å². The van der Waals surface area contributed by atoms with E-state index in [1.165, 1.54) is 17.7 Å². The normalized spacial score (nSPS) is 16.3. The number of hydrogen-bond acceptors (Lipinski definition) is 4. The van der Waals surface area contributed by atoms with Crippen molar-refractivity contribution in [1.82, 2.24) is 15.0 Å². The van der Waals surface area contributed by atoms with Gasteiger partial charge in [0.1, 0.15) is 11.9 Å². The van der Waals surface area contributed by atoms with Gasteiger partial charge in [0.15, 0.2) is 0 Å². The van der Waals surface area contributed by atoms with Gasteiger partial charge >= 0.3 is 0 Å². The molecule has 1 aliphatic rings. The summed E-state index contributed by atoms with van der Waals surface area (Å²) in [4.78, 5) is 19.3. The summed E-state index contributed by atoms with van der Waals surface area (Å²) in [6.07, 6.45) is 5.01. The first-order valence-electron chi connectivity index (χ1n) is 10.1. The lowest BCUT2D eigenvalue weighted by Gasteiger charge is -2.22. The number of unbranched alkanes of at least 4 members (excludes halogenated alkanes) is 1. The summed E-state index contributed by atoms with van der Waals surface area (Å²) in [5.74, 6) is 0.496. The van der Waals surface area contributed by atoms with Gasteiger partial charge in [0.05, 0.1) is 0 Å². The monoisotopic (exact) mass is 393 g/mol. The predicted octanol–water partition coefficient (Wildman–Crippen LogP) is 5.20. The van der Waals surface area contributed by atoms with Crippen LogP contribution in [-0.4, -0.2) is 27.5 Å². The molecule has 1 unspecified atom stereocenters. The minimum atomic E-state index is -0.314. The molecule has 0 N–H and O–H groups in total. The van der Waals surface area contributed by atoms with Crippen LogP contribution in [0.1, 0.15) is 60.5 Å². The highest BCUT2D eigenvalue weighted by molar-refractivity contribution is 5.94. The van der Waals surface area contributed by atoms with Crippen molar-refractivity contribution < 1.29 is 13.7 Å². The molecule has 3 aromatic rings. The van der Waals surface area contributed by atoms with Crippen LogP contribution in [0.5, 0.6) is 0 Å². The smallest absolute Gasteiger partial charge is 0.254 e. The highest BCUT2D eigenvalue weighted by Gasteiger charge is 2.34. The van der Waals surface area contributed by atoms with Crippen molar-refractivity contribution in [3.05, 3.63) is 71.4 Å². The van der Waals surface area contributed by atoms with Gasteiger partial charge in [-0.25, -0.2) is 4.39 Å². The number of rotatable bonds is 6. The van der Waals surface area contributed by atoms with Gasteiger partial charge in [-0.05, 0) is 67.6 Å². The lowest BCUT2D eigenvalue weighted by molar-refractivity contribution is 0.0710. The van der Waals surface area contributed by atoms with E-state index in [4.69, 9.17) is 4.52 Å². The molecule has 1 atom stereocenters. The molecule has 6 heteroatoms. The number of benzene rings is 2. The molecule has 150 valence electrons. The maximum Gasteiger partial charge on any atom is 0.254 e. The zero-order chi connectivity index (χ0) is 20.2. The van der Waals surface area contributed by atoms with Crippen molar-refractivity contribution in [2.75, 3.05) is 6.54 Å². The van der Waals surface area contributed by atoms with E-state index >= 15 is 0 Å². The molecule has 4 rings (SSSR count). The molecule has 0 saturated carbocycles. The molecule has 1 fully saturated rings. The average molecular weight is 393 g/mol. The molecule has 2 aromatic carbocycles. The molecule has 29 heavy (non-hydrogen) atoms. The minimum Gasteiger partial charge on any atom is -0.337 e. The number of hydrogen-bond donors (Lipinski definition) is 0. The van der Waals surface area contributed by atoms with Crippen LogP contribution >= 0.6 is 0 Å². The van der Waals surface area contributed by atoms with Gasteiger partial charge in [-0.1, -0.05) is 30.6 Å². The first kappa shape index (κ1) is 19.3. The molecular weight excluding hydrogens is 369 g/mol. The molecule has 0 aliphatic carbocycles. The zero-order valence-corrected chi connectivity index (χ0v) is 16.5. The minimum absolute atomic E-state index is 0.0175. The third-order valence-electron chi connectivity index (χ3n) is 5.36. The second-order valence-electron chi connectivity index (χ2n) is 7.42. The summed E-state index contributed by atoms with van der Waals surface area (Å²) in [7, 11) is 0. The molecule has 2 heterocycles. The Labute approximate surface area is 169 Å². The fourth-order valence-electron chi connectivity index (χ4n) is 3.71. The summed E-state index contributed by atoms with van der Waals surface area (Å²) in [5, 5.41) is 4.02. The fraction of sp³-hybridized carbons (Fsp3) is 0.348. The SMILES string of the molecule is CCCCc1ccc(C(=O)N2CCCC2c2nc(-c3ccc(F)cc3)no2)cc1. The predicted molar refractivity (Wildman–Crippen MR) is 108 cm³/mol. The van der Waals surface area contributed by atoms with Crippen LogP contribution in [0.25, 0.3) is 11.4 Å². The Kier molecular flexibility index (Phi) is 5.69. The van der Waals surface area contributed by atoms with Crippen molar-refractivity contribution in [3.63, 3.8) is 0 Å². The van der Waals surface area contributed by atoms with Crippen molar-refractivity contribution in [1.29, 1.82) is 0 Å². The number of halogens is 1. The molecule has 0 spiro atoms. The second-order valence-corrected chi connectivity index (χ2v) is 7.42. The molecule has 1 amide bonds. The number of aryl methyl sites for hydroxylation is 1. The molecular formula is C23H24FN3O2. The van der Waals surface area contributed by atoms with E-state index in [1.54, 1.807) is 12.1 Å². The van der Waals surface area contributed by atoms with E-state index in [0.29, 0.717) is 29.4 Å². The lowest BCUT2D eigenvalue weighted by Crippen LogP contribution is -2.30. The molecule has 0 radical (unpaired) electrons. The summed E-state index contributed by atoms with van der Waals surface area (Å²) < 4.78 is 18.6. The van der Waals surface area contributed by atoms with Gasteiger partial charge in [-0.15, -0.1) is 0 Å². The van der Waals surface area contributed by atoms with Gasteiger partial charge < -0.3 is 9.42 Å². The van der Waals surface area contributed by atoms with Crippen molar-refractivity contribution in [2.45, 2.75) is 45.1 Å². The van der Waals surface area contributed by atoms with Gasteiger partial charge in [-0.3, -0.25) is 4.79 Å². The van der Waals surface area contributed by atoms with Crippen molar-refractivity contribution in [2.24, 2.45) is 0 Å². The number of carbonyl (C=O) groups is 1. The van der Waals surface area contributed by atoms with E-state index < -0.39 is 0 Å².